The summed E-state index contributed by atoms with van der Waals surface area (Å²) in [5.41, 5.74) is 4.64. The van der Waals surface area contributed by atoms with Crippen molar-refractivity contribution >= 4 is 17.8 Å². The molecule has 3 nitrogen and oxygen atoms in total. The third kappa shape index (κ3) is 4.21. The monoisotopic (exact) mass is 368 g/mol. The molecule has 0 saturated heterocycles. The Morgan fingerprint density at radius 3 is 2.32 bits per heavy atom. The van der Waals surface area contributed by atoms with Gasteiger partial charge in [0.2, 0.25) is 0 Å². The number of rotatable bonds is 5. The smallest absolute Gasteiger partial charge is 0.343 e. The van der Waals surface area contributed by atoms with Gasteiger partial charge in [-0.2, -0.15) is 0 Å². The molecule has 0 radical (unpaired) electrons. The van der Waals surface area contributed by atoms with E-state index < -0.39 is 0 Å². The quantitative estimate of drug-likeness (QED) is 0.437. The zero-order valence-corrected chi connectivity index (χ0v) is 15.6. The van der Waals surface area contributed by atoms with E-state index in [1.165, 1.54) is 5.56 Å². The normalized spacial score (nSPS) is 14.7. The summed E-state index contributed by atoms with van der Waals surface area (Å²) in [7, 11) is 0. The van der Waals surface area contributed by atoms with Gasteiger partial charge in [0.1, 0.15) is 18.1 Å². The second-order valence-electron chi connectivity index (χ2n) is 6.71. The van der Waals surface area contributed by atoms with Crippen LogP contribution in [0, 0.1) is 6.92 Å². The Morgan fingerprint density at radius 2 is 1.61 bits per heavy atom. The average Bonchev–Trinajstić information content (AvgIpc) is 3.09. The third-order valence-electron chi connectivity index (χ3n) is 4.51. The van der Waals surface area contributed by atoms with Crippen LogP contribution in [0.5, 0.6) is 5.75 Å². The van der Waals surface area contributed by atoms with E-state index in [0.717, 1.165) is 22.4 Å². The Bertz CT molecular complexity index is 1030. The molecular weight excluding hydrogens is 348 g/mol. The summed E-state index contributed by atoms with van der Waals surface area (Å²) < 4.78 is 11.2. The topological polar surface area (TPSA) is 35.5 Å². The molecule has 0 spiro atoms. The molecule has 3 aromatic rings. The van der Waals surface area contributed by atoms with Crippen LogP contribution in [0.15, 0.2) is 90.5 Å². The standard InChI is InChI=1S/C25H20O3/c1-18-7-11-21(12-8-18)24-16-22(25(26)28-24)15-19-9-13-23(14-10-19)27-17-20-5-3-2-4-6-20/h2-16H,17H2,1H3/b22-15-. The minimum absolute atomic E-state index is 0.333. The maximum atomic E-state index is 12.2. The summed E-state index contributed by atoms with van der Waals surface area (Å²) in [5, 5.41) is 0. The average molecular weight is 368 g/mol. The number of benzene rings is 3. The molecule has 0 N–H and O–H groups in total. The number of esters is 1. The summed E-state index contributed by atoms with van der Waals surface area (Å²) >= 11 is 0. The molecule has 28 heavy (non-hydrogen) atoms. The lowest BCUT2D eigenvalue weighted by Crippen LogP contribution is -1.97. The number of cyclic esters (lactones) is 1. The molecule has 3 aromatic carbocycles. The second-order valence-corrected chi connectivity index (χ2v) is 6.71. The van der Waals surface area contributed by atoms with Gasteiger partial charge in [-0.05, 0) is 42.3 Å². The van der Waals surface area contributed by atoms with Crippen molar-refractivity contribution in [3.05, 3.63) is 113 Å². The van der Waals surface area contributed by atoms with Gasteiger partial charge in [-0.15, -0.1) is 0 Å². The lowest BCUT2D eigenvalue weighted by atomic mass is 10.1. The first-order valence-corrected chi connectivity index (χ1v) is 9.17. The number of carbonyl (C=O) groups excluding carboxylic acids is 1. The van der Waals surface area contributed by atoms with Crippen molar-refractivity contribution in [1.82, 2.24) is 0 Å². The van der Waals surface area contributed by atoms with Crippen LogP contribution in [0.1, 0.15) is 22.3 Å². The van der Waals surface area contributed by atoms with Crippen molar-refractivity contribution in [2.75, 3.05) is 0 Å². The van der Waals surface area contributed by atoms with Crippen molar-refractivity contribution in [1.29, 1.82) is 0 Å². The van der Waals surface area contributed by atoms with Gasteiger partial charge in [0, 0.05) is 5.56 Å². The zero-order valence-electron chi connectivity index (χ0n) is 15.6. The summed E-state index contributed by atoms with van der Waals surface area (Å²) in [6.07, 6.45) is 3.61. The molecular formula is C25H20O3. The molecule has 1 heterocycles. The van der Waals surface area contributed by atoms with E-state index in [0.29, 0.717) is 17.9 Å². The van der Waals surface area contributed by atoms with Gasteiger partial charge in [-0.3, -0.25) is 0 Å². The molecule has 0 bridgehead atoms. The molecule has 1 aliphatic heterocycles. The zero-order chi connectivity index (χ0) is 19.3. The summed E-state index contributed by atoms with van der Waals surface area (Å²) in [6, 6.07) is 25.6. The van der Waals surface area contributed by atoms with Crippen molar-refractivity contribution in [2.24, 2.45) is 0 Å². The van der Waals surface area contributed by atoms with Gasteiger partial charge in [0.25, 0.3) is 0 Å². The van der Waals surface area contributed by atoms with E-state index in [-0.39, 0.29) is 5.97 Å². The van der Waals surface area contributed by atoms with Crippen LogP contribution in [-0.4, -0.2) is 5.97 Å². The molecule has 0 fully saturated rings. The minimum Gasteiger partial charge on any atom is -0.489 e. The van der Waals surface area contributed by atoms with E-state index in [4.69, 9.17) is 9.47 Å². The van der Waals surface area contributed by atoms with Gasteiger partial charge in [0.15, 0.2) is 0 Å². The number of ether oxygens (including phenoxy) is 2. The lowest BCUT2D eigenvalue weighted by Gasteiger charge is -2.06. The number of aryl methyl sites for hydroxylation is 1. The Hall–Kier alpha value is -3.59. The van der Waals surface area contributed by atoms with Crippen LogP contribution in [0.2, 0.25) is 0 Å². The fourth-order valence-electron chi connectivity index (χ4n) is 2.93. The highest BCUT2D eigenvalue weighted by Gasteiger charge is 2.21. The van der Waals surface area contributed by atoms with Crippen molar-refractivity contribution < 1.29 is 14.3 Å². The van der Waals surface area contributed by atoms with Gasteiger partial charge >= 0.3 is 5.97 Å². The first-order valence-electron chi connectivity index (χ1n) is 9.17. The fraction of sp³-hybridized carbons (Fsp3) is 0.0800. The van der Waals surface area contributed by atoms with Gasteiger partial charge < -0.3 is 9.47 Å². The van der Waals surface area contributed by atoms with Gasteiger partial charge in [0.05, 0.1) is 5.57 Å². The summed E-state index contributed by atoms with van der Waals surface area (Å²) in [4.78, 5) is 12.2. The van der Waals surface area contributed by atoms with Gasteiger partial charge in [-0.25, -0.2) is 4.79 Å². The Balaban J connectivity index is 1.46. The molecule has 0 saturated carbocycles. The highest BCUT2D eigenvalue weighted by molar-refractivity contribution is 6.05. The lowest BCUT2D eigenvalue weighted by molar-refractivity contribution is -0.130. The molecule has 3 heteroatoms. The van der Waals surface area contributed by atoms with E-state index in [2.05, 4.69) is 0 Å². The number of carbonyl (C=O) groups is 1. The Morgan fingerprint density at radius 1 is 0.893 bits per heavy atom. The first-order chi connectivity index (χ1) is 13.7. The van der Waals surface area contributed by atoms with E-state index >= 15 is 0 Å². The molecule has 1 aliphatic rings. The number of hydrogen-bond donors (Lipinski definition) is 0. The Kier molecular flexibility index (Phi) is 5.07. The highest BCUT2D eigenvalue weighted by atomic mass is 16.5. The maximum absolute atomic E-state index is 12.2. The molecule has 138 valence electrons. The van der Waals surface area contributed by atoms with E-state index in [1.807, 2.05) is 91.9 Å². The minimum atomic E-state index is -0.333. The SMILES string of the molecule is Cc1ccc(C2=C/C(=C/c3ccc(OCc4ccccc4)cc3)C(=O)O2)cc1. The third-order valence-corrected chi connectivity index (χ3v) is 4.51. The maximum Gasteiger partial charge on any atom is 0.343 e. The van der Waals surface area contributed by atoms with Crippen LogP contribution in [-0.2, 0) is 16.1 Å². The van der Waals surface area contributed by atoms with Crippen molar-refractivity contribution in [3.8, 4) is 5.75 Å². The molecule has 0 amide bonds. The van der Waals surface area contributed by atoms with Crippen molar-refractivity contribution in [2.45, 2.75) is 13.5 Å². The van der Waals surface area contributed by atoms with E-state index in [9.17, 15) is 4.79 Å². The van der Waals surface area contributed by atoms with E-state index in [1.54, 1.807) is 6.08 Å². The summed E-state index contributed by atoms with van der Waals surface area (Å²) in [6.45, 7) is 2.55. The first kappa shape index (κ1) is 17.8. The fourth-order valence-corrected chi connectivity index (χ4v) is 2.93. The predicted molar refractivity (Wildman–Crippen MR) is 110 cm³/mol. The molecule has 0 unspecified atom stereocenters. The predicted octanol–water partition coefficient (Wildman–Crippen LogP) is 5.56. The van der Waals surface area contributed by atoms with Crippen LogP contribution in [0.4, 0.5) is 0 Å². The van der Waals surface area contributed by atoms with Crippen LogP contribution in [0.3, 0.4) is 0 Å². The molecule has 0 aromatic heterocycles. The molecule has 0 aliphatic carbocycles. The summed E-state index contributed by atoms with van der Waals surface area (Å²) in [5.74, 6) is 1.04. The van der Waals surface area contributed by atoms with Crippen molar-refractivity contribution in [3.63, 3.8) is 0 Å². The van der Waals surface area contributed by atoms with Gasteiger partial charge in [-0.1, -0.05) is 72.3 Å². The molecule has 4 rings (SSSR count). The largest absolute Gasteiger partial charge is 0.489 e. The Labute approximate surface area is 164 Å². The van der Waals surface area contributed by atoms with Crippen LogP contribution in [0.25, 0.3) is 11.8 Å². The van der Waals surface area contributed by atoms with Crippen LogP contribution < -0.4 is 4.74 Å². The number of hydrogen-bond acceptors (Lipinski definition) is 3. The second kappa shape index (κ2) is 7.97. The molecule has 0 atom stereocenters. The van der Waals surface area contributed by atoms with Crippen LogP contribution >= 0.6 is 0 Å². The highest BCUT2D eigenvalue weighted by Crippen LogP contribution is 2.28.